The number of fused-ring (bicyclic) bond motifs is 10. The number of aryl methyl sites for hydroxylation is 1. The van der Waals surface area contributed by atoms with Gasteiger partial charge in [0.05, 0.1) is 25.3 Å². The third-order valence-corrected chi connectivity index (χ3v) is 15.6. The summed E-state index contributed by atoms with van der Waals surface area (Å²) in [5.74, 6) is 3.89. The van der Waals surface area contributed by atoms with E-state index in [1.165, 1.54) is 22.3 Å². The van der Waals surface area contributed by atoms with Crippen LogP contribution in [0.2, 0.25) is 0 Å². The van der Waals surface area contributed by atoms with E-state index < -0.39 is 29.8 Å². The minimum Gasteiger partial charge on any atom is -0.493 e. The number of carbonyl (C=O) groups is 2. The highest BCUT2D eigenvalue weighted by Crippen LogP contribution is 2.58. The standard InChI is InChI=1S/C58H68N4O7S/c1-12-25-66-54-35(5)36(6)55(67-26-13-2)51-42(54)30-47-52-50-37(28-34(4)53(65-11)56(50)68-27-14-3)29-46(61(52)10)48(31-59)62(47)45(51)23-24-49(63)44(60-57(64)69-58(7,8)9)33-70-32-43-40-21-17-15-19-38(40)39-20-16-18-22-41(39)43/h12-22,28,43-48,52H,1-3,23-27,29-30,32-33H2,4-11H3,(H,60,64)/t44-,45+,46-,47+,48+,52-/m1/s1. The molecule has 1 amide bonds. The van der Waals surface area contributed by atoms with Crippen molar-refractivity contribution in [1.82, 2.24) is 15.1 Å². The van der Waals surface area contributed by atoms with Crippen LogP contribution in [0.25, 0.3) is 11.1 Å². The summed E-state index contributed by atoms with van der Waals surface area (Å²) in [6, 6.07) is 19.4. The van der Waals surface area contributed by atoms with Gasteiger partial charge in [0, 0.05) is 58.7 Å². The minimum absolute atomic E-state index is 0.0980. The van der Waals surface area contributed by atoms with Gasteiger partial charge in [0.1, 0.15) is 43.0 Å². The summed E-state index contributed by atoms with van der Waals surface area (Å²) in [4.78, 5) is 33.4. The van der Waals surface area contributed by atoms with E-state index in [4.69, 9.17) is 23.7 Å². The minimum atomic E-state index is -0.848. The molecule has 1 N–H and O–H groups in total. The first-order chi connectivity index (χ1) is 33.7. The number of carbonyl (C=O) groups excluding carboxylic acids is 2. The molecule has 1 aliphatic carbocycles. The molecule has 70 heavy (non-hydrogen) atoms. The number of hydrogen-bond acceptors (Lipinski definition) is 11. The van der Waals surface area contributed by atoms with Gasteiger partial charge in [-0.15, -0.1) is 0 Å². The summed E-state index contributed by atoms with van der Waals surface area (Å²) >= 11 is 1.65. The van der Waals surface area contributed by atoms with Gasteiger partial charge in [0.25, 0.3) is 0 Å². The molecule has 4 aromatic rings. The first-order valence-electron chi connectivity index (χ1n) is 24.4. The van der Waals surface area contributed by atoms with Crippen molar-refractivity contribution in [2.75, 3.05) is 45.5 Å². The van der Waals surface area contributed by atoms with Gasteiger partial charge in [-0.05, 0) is 112 Å². The topological polar surface area (TPSA) is 123 Å². The molecule has 3 heterocycles. The quantitative estimate of drug-likeness (QED) is 0.0904. The summed E-state index contributed by atoms with van der Waals surface area (Å²) in [5.41, 5.74) is 11.1. The second kappa shape index (κ2) is 21.2. The number of alkyl carbamates (subject to hydrolysis) is 1. The number of hydrogen-bond donors (Lipinski definition) is 1. The van der Waals surface area contributed by atoms with Crippen molar-refractivity contribution in [3.05, 3.63) is 143 Å². The molecule has 4 aliphatic rings. The molecule has 1 fully saturated rings. The van der Waals surface area contributed by atoms with E-state index in [-0.39, 0.29) is 56.1 Å². The van der Waals surface area contributed by atoms with Gasteiger partial charge in [0.15, 0.2) is 17.3 Å². The molecule has 11 nitrogen and oxygen atoms in total. The number of ketones is 1. The van der Waals surface area contributed by atoms with E-state index in [9.17, 15) is 10.1 Å². The molecule has 0 saturated carbocycles. The summed E-state index contributed by atoms with van der Waals surface area (Å²) < 4.78 is 31.7. The number of nitrogens with one attached hydrogen (secondary N) is 1. The van der Waals surface area contributed by atoms with Crippen molar-refractivity contribution >= 4 is 23.6 Å². The highest BCUT2D eigenvalue weighted by molar-refractivity contribution is 7.99. The Bertz CT molecular complexity index is 2680. The number of rotatable bonds is 19. The number of likely N-dealkylation sites (N-methyl/N-ethyl adjacent to an activating group) is 1. The maximum atomic E-state index is 15.1. The Kier molecular flexibility index (Phi) is 15.2. The SMILES string of the molecule is C=CCOc1c(C)c(C)c(OCC=C)c2c1C[C@H]1[C@@H]3c4c(cc(C)c(OC)c4OCC=C)C[C@H]([C@H](C#N)N1[C@H]2CCC(=O)[C@@H](CSCC1c2ccccc2-c2ccccc21)NC(=O)OC(C)(C)C)N3C. The van der Waals surface area contributed by atoms with Crippen molar-refractivity contribution in [1.29, 1.82) is 5.26 Å². The predicted octanol–water partition coefficient (Wildman–Crippen LogP) is 10.9. The molecular formula is C58H68N4O7S. The molecule has 3 aliphatic heterocycles. The molecule has 6 atom stereocenters. The van der Waals surface area contributed by atoms with Gasteiger partial charge in [-0.3, -0.25) is 14.6 Å². The van der Waals surface area contributed by atoms with Crippen LogP contribution in [0.5, 0.6) is 23.0 Å². The number of amides is 1. The number of thioether (sulfide) groups is 1. The second-order valence-electron chi connectivity index (χ2n) is 19.9. The molecule has 4 aromatic carbocycles. The van der Waals surface area contributed by atoms with Gasteiger partial charge in [-0.25, -0.2) is 4.79 Å². The Labute approximate surface area is 418 Å². The summed E-state index contributed by atoms with van der Waals surface area (Å²) in [6.45, 7) is 24.3. The van der Waals surface area contributed by atoms with Gasteiger partial charge in [0.2, 0.25) is 0 Å². The van der Waals surface area contributed by atoms with E-state index >= 15 is 4.79 Å². The van der Waals surface area contributed by atoms with Crippen LogP contribution in [0.3, 0.4) is 0 Å². The molecule has 2 bridgehead atoms. The fourth-order valence-electron chi connectivity index (χ4n) is 11.6. The van der Waals surface area contributed by atoms with Crippen molar-refractivity contribution < 1.29 is 33.3 Å². The van der Waals surface area contributed by atoms with Crippen LogP contribution in [-0.2, 0) is 22.4 Å². The van der Waals surface area contributed by atoms with Crippen molar-refractivity contribution in [3.8, 4) is 40.2 Å². The van der Waals surface area contributed by atoms with Crippen molar-refractivity contribution in [3.63, 3.8) is 0 Å². The van der Waals surface area contributed by atoms with Crippen LogP contribution in [0, 0.1) is 32.1 Å². The largest absolute Gasteiger partial charge is 0.493 e. The number of nitriles is 1. The van der Waals surface area contributed by atoms with Crippen LogP contribution in [0.4, 0.5) is 4.79 Å². The molecule has 0 aromatic heterocycles. The van der Waals surface area contributed by atoms with Gasteiger partial charge >= 0.3 is 6.09 Å². The number of piperazine rings is 1. The number of Topliss-reactive ketones (excluding diaryl/α,β-unsaturated/α-hetero) is 1. The van der Waals surface area contributed by atoms with Gasteiger partial charge < -0.3 is 29.0 Å². The zero-order valence-electron chi connectivity index (χ0n) is 42.1. The smallest absolute Gasteiger partial charge is 0.408 e. The Hall–Kier alpha value is -6.00. The van der Waals surface area contributed by atoms with Crippen LogP contribution in [-0.4, -0.2) is 96.9 Å². The van der Waals surface area contributed by atoms with E-state index in [1.54, 1.807) is 37.1 Å². The predicted molar refractivity (Wildman–Crippen MR) is 279 cm³/mol. The average molecular weight is 965 g/mol. The lowest BCUT2D eigenvalue weighted by Crippen LogP contribution is -2.68. The zero-order chi connectivity index (χ0) is 50.0. The van der Waals surface area contributed by atoms with Crippen LogP contribution in [0.15, 0.2) is 92.6 Å². The molecule has 8 rings (SSSR count). The number of methoxy groups -OCH3 is 1. The first-order valence-corrected chi connectivity index (χ1v) is 25.6. The van der Waals surface area contributed by atoms with Crippen molar-refractivity contribution in [2.24, 2.45) is 0 Å². The zero-order valence-corrected chi connectivity index (χ0v) is 42.9. The highest BCUT2D eigenvalue weighted by atomic mass is 32.2. The monoisotopic (exact) mass is 964 g/mol. The van der Waals surface area contributed by atoms with Crippen LogP contribution < -0.4 is 24.3 Å². The van der Waals surface area contributed by atoms with E-state index in [0.29, 0.717) is 42.3 Å². The third kappa shape index (κ3) is 9.48. The molecular weight excluding hydrogens is 897 g/mol. The fraction of sp³-hybridized carbons (Fsp3) is 0.431. The van der Waals surface area contributed by atoms with Gasteiger partial charge in [-0.2, -0.15) is 17.0 Å². The van der Waals surface area contributed by atoms with Crippen LogP contribution in [0.1, 0.15) is 102 Å². The summed E-state index contributed by atoms with van der Waals surface area (Å²) in [5, 5.41) is 14.4. The molecule has 1 saturated heterocycles. The van der Waals surface area contributed by atoms with Crippen LogP contribution >= 0.6 is 11.8 Å². The van der Waals surface area contributed by atoms with Crippen molar-refractivity contribution in [2.45, 2.75) is 115 Å². The Morgan fingerprint density at radius 3 is 2.06 bits per heavy atom. The lowest BCUT2D eigenvalue weighted by atomic mass is 9.71. The maximum absolute atomic E-state index is 15.1. The fourth-order valence-corrected chi connectivity index (χ4v) is 12.8. The number of nitrogens with zero attached hydrogens (tertiary/aromatic N) is 3. The Morgan fingerprint density at radius 1 is 0.857 bits per heavy atom. The molecule has 0 radical (unpaired) electrons. The lowest BCUT2D eigenvalue weighted by Gasteiger charge is -2.60. The number of ether oxygens (including phenoxy) is 5. The van der Waals surface area contributed by atoms with E-state index in [2.05, 4.69) is 109 Å². The summed E-state index contributed by atoms with van der Waals surface area (Å²) in [6.07, 6.45) is 6.13. The molecule has 0 unspecified atom stereocenters. The third-order valence-electron chi connectivity index (χ3n) is 14.5. The molecule has 12 heteroatoms. The second-order valence-corrected chi connectivity index (χ2v) is 21.0. The average Bonchev–Trinajstić information content (AvgIpc) is 3.65. The van der Waals surface area contributed by atoms with E-state index in [0.717, 1.165) is 50.4 Å². The Balaban J connectivity index is 1.21. The molecule has 368 valence electrons. The Morgan fingerprint density at radius 2 is 1.46 bits per heavy atom. The molecule has 0 spiro atoms. The maximum Gasteiger partial charge on any atom is 0.408 e. The lowest BCUT2D eigenvalue weighted by molar-refractivity contribution is -0.121. The van der Waals surface area contributed by atoms with Gasteiger partial charge in [-0.1, -0.05) is 92.6 Å². The first kappa shape index (κ1) is 50.4. The highest BCUT2D eigenvalue weighted by Gasteiger charge is 2.56. The van der Waals surface area contributed by atoms with E-state index in [1.807, 2.05) is 34.6 Å². The normalized spacial score (nSPS) is 20.5. The number of benzene rings is 4. The summed E-state index contributed by atoms with van der Waals surface area (Å²) in [7, 11) is 3.78.